The van der Waals surface area contributed by atoms with E-state index in [-0.39, 0.29) is 0 Å². The Hall–Kier alpha value is -1.04. The van der Waals surface area contributed by atoms with Crippen molar-refractivity contribution in [2.75, 3.05) is 0 Å². The van der Waals surface area contributed by atoms with E-state index in [0.717, 1.165) is 0 Å². The van der Waals surface area contributed by atoms with Crippen LogP contribution >= 0.6 is 12.6 Å². The topological polar surface area (TPSA) is 67.8 Å². The van der Waals surface area contributed by atoms with E-state index >= 15 is 0 Å². The summed E-state index contributed by atoms with van der Waals surface area (Å²) in [5, 5.41) is 2.30. The van der Waals surface area contributed by atoms with Crippen LogP contribution in [0.3, 0.4) is 0 Å². The van der Waals surface area contributed by atoms with Crippen molar-refractivity contribution < 1.29 is 0 Å². The van der Waals surface area contributed by atoms with Crippen molar-refractivity contribution in [3.8, 4) is 0 Å². The van der Waals surface area contributed by atoms with Gasteiger partial charge in [-0.15, -0.1) is 0 Å². The summed E-state index contributed by atoms with van der Waals surface area (Å²) >= 11 is 3.92. The van der Waals surface area contributed by atoms with Crippen LogP contribution < -0.4 is 11.1 Å². The highest BCUT2D eigenvalue weighted by Gasteiger charge is 1.99. The third kappa shape index (κ3) is 1.51. The van der Waals surface area contributed by atoms with Gasteiger partial charge in [-0.1, -0.05) is 0 Å². The Morgan fingerprint density at radius 3 is 2.82 bits per heavy atom. The molecule has 1 aromatic rings. The summed E-state index contributed by atoms with van der Waals surface area (Å²) in [5.74, 6) is 0.764. The normalized spacial score (nSPS) is 10.0. The number of H-pyrrole nitrogens is 1. The van der Waals surface area contributed by atoms with Crippen LogP contribution in [0.15, 0.2) is 9.59 Å². The molecule has 0 saturated heterocycles. The summed E-state index contributed by atoms with van der Waals surface area (Å²) in [6, 6.07) is 0. The molecule has 0 amide bonds. The van der Waals surface area contributed by atoms with Crippen molar-refractivity contribution in [1.29, 1.82) is 0 Å². The van der Waals surface area contributed by atoms with Gasteiger partial charge in [0, 0.05) is 7.05 Å². The highest BCUT2D eigenvalue weighted by atomic mass is 32.1. The second-order valence-electron chi connectivity index (χ2n) is 1.99. The minimum absolute atomic E-state index is 0.322. The molecule has 5 nitrogen and oxygen atoms in total. The first-order chi connectivity index (χ1) is 5.15. The highest BCUT2D eigenvalue weighted by Crippen LogP contribution is 1.89. The number of nitrogens with zero attached hydrogens (tertiary/aromatic N) is 2. The van der Waals surface area contributed by atoms with Crippen LogP contribution in [0, 0.1) is 0 Å². The minimum Gasteiger partial charge on any atom is -0.274 e. The SMILES string of the molecule is Cn1[nH]c(=O)c(=O)nc1CS. The van der Waals surface area contributed by atoms with Gasteiger partial charge in [-0.3, -0.25) is 19.4 Å². The van der Waals surface area contributed by atoms with Crippen LogP contribution in [-0.2, 0) is 12.8 Å². The lowest BCUT2D eigenvalue weighted by atomic mass is 10.6. The van der Waals surface area contributed by atoms with Crippen LogP contribution in [0.4, 0.5) is 0 Å². The molecule has 11 heavy (non-hydrogen) atoms. The van der Waals surface area contributed by atoms with Gasteiger partial charge >= 0.3 is 11.1 Å². The molecule has 0 aliphatic rings. The summed E-state index contributed by atoms with van der Waals surface area (Å²) in [7, 11) is 1.60. The van der Waals surface area contributed by atoms with Crippen molar-refractivity contribution in [2.24, 2.45) is 7.05 Å². The van der Waals surface area contributed by atoms with E-state index in [4.69, 9.17) is 0 Å². The minimum atomic E-state index is -0.771. The Kier molecular flexibility index (Phi) is 2.13. The second kappa shape index (κ2) is 2.91. The van der Waals surface area contributed by atoms with Gasteiger partial charge < -0.3 is 0 Å². The lowest BCUT2D eigenvalue weighted by Gasteiger charge is -2.01. The molecule has 0 aliphatic carbocycles. The van der Waals surface area contributed by atoms with Crippen LogP contribution in [0.5, 0.6) is 0 Å². The number of nitrogens with one attached hydrogen (secondary N) is 1. The number of hydrogen-bond donors (Lipinski definition) is 2. The molecule has 0 aliphatic heterocycles. The third-order valence-electron chi connectivity index (χ3n) is 1.22. The van der Waals surface area contributed by atoms with E-state index in [1.807, 2.05) is 0 Å². The molecule has 0 saturated carbocycles. The molecule has 0 radical (unpaired) electrons. The summed E-state index contributed by atoms with van der Waals surface area (Å²) in [6.45, 7) is 0. The first kappa shape index (κ1) is 8.06. The van der Waals surface area contributed by atoms with Crippen molar-refractivity contribution in [3.63, 3.8) is 0 Å². The molecule has 1 aromatic heterocycles. The van der Waals surface area contributed by atoms with E-state index < -0.39 is 11.1 Å². The molecule has 1 heterocycles. The zero-order valence-corrected chi connectivity index (χ0v) is 6.76. The third-order valence-corrected chi connectivity index (χ3v) is 1.51. The molecular formula is C5H7N3O2S. The number of thiol groups is 1. The molecule has 6 heteroatoms. The molecule has 0 aromatic carbocycles. The van der Waals surface area contributed by atoms with Crippen LogP contribution in [0.25, 0.3) is 0 Å². The lowest BCUT2D eigenvalue weighted by molar-refractivity contribution is 0.647. The Bertz CT molecular complexity index is 367. The smallest absolute Gasteiger partial charge is 0.274 e. The number of rotatable bonds is 1. The lowest BCUT2D eigenvalue weighted by Crippen LogP contribution is -2.34. The molecule has 0 atom stereocenters. The van der Waals surface area contributed by atoms with Gasteiger partial charge in [0.15, 0.2) is 0 Å². The molecular weight excluding hydrogens is 166 g/mol. The van der Waals surface area contributed by atoms with Crippen LogP contribution in [0.2, 0.25) is 0 Å². The molecule has 1 rings (SSSR count). The fraction of sp³-hybridized carbons (Fsp3) is 0.400. The van der Waals surface area contributed by atoms with E-state index in [1.165, 1.54) is 4.68 Å². The molecule has 0 unspecified atom stereocenters. The monoisotopic (exact) mass is 173 g/mol. The van der Waals surface area contributed by atoms with Crippen molar-refractivity contribution in [3.05, 3.63) is 26.5 Å². The number of hydrogen-bond acceptors (Lipinski definition) is 4. The van der Waals surface area contributed by atoms with Crippen molar-refractivity contribution in [2.45, 2.75) is 5.75 Å². The number of aromatic nitrogens is 3. The highest BCUT2D eigenvalue weighted by molar-refractivity contribution is 7.79. The summed E-state index contributed by atoms with van der Waals surface area (Å²) < 4.78 is 1.37. The summed E-state index contributed by atoms with van der Waals surface area (Å²) in [6.07, 6.45) is 0. The van der Waals surface area contributed by atoms with E-state index in [1.54, 1.807) is 7.05 Å². The van der Waals surface area contributed by atoms with Gasteiger partial charge in [0.1, 0.15) is 5.82 Å². The molecule has 1 N–H and O–H groups in total. The molecule has 0 spiro atoms. The van der Waals surface area contributed by atoms with E-state index in [9.17, 15) is 9.59 Å². The quantitative estimate of drug-likeness (QED) is 0.418. The van der Waals surface area contributed by atoms with Crippen molar-refractivity contribution in [1.82, 2.24) is 14.8 Å². The number of aryl methyl sites for hydroxylation is 1. The van der Waals surface area contributed by atoms with E-state index in [0.29, 0.717) is 11.6 Å². The van der Waals surface area contributed by atoms with Gasteiger partial charge in [0.2, 0.25) is 0 Å². The fourth-order valence-electron chi connectivity index (χ4n) is 0.649. The zero-order valence-electron chi connectivity index (χ0n) is 5.87. The van der Waals surface area contributed by atoms with E-state index in [2.05, 4.69) is 22.7 Å². The van der Waals surface area contributed by atoms with Gasteiger partial charge in [0.05, 0.1) is 5.75 Å². The Labute approximate surface area is 67.5 Å². The van der Waals surface area contributed by atoms with Crippen molar-refractivity contribution >= 4 is 12.6 Å². The summed E-state index contributed by atoms with van der Waals surface area (Å²) in [4.78, 5) is 24.8. The van der Waals surface area contributed by atoms with Gasteiger partial charge in [0.25, 0.3) is 0 Å². The van der Waals surface area contributed by atoms with Gasteiger partial charge in [-0.2, -0.15) is 17.6 Å². The fourth-order valence-corrected chi connectivity index (χ4v) is 0.932. The summed E-state index contributed by atoms with van der Waals surface area (Å²) in [5.41, 5.74) is -1.48. The Morgan fingerprint density at radius 1 is 1.64 bits per heavy atom. The second-order valence-corrected chi connectivity index (χ2v) is 2.31. The predicted molar refractivity (Wildman–Crippen MR) is 42.8 cm³/mol. The number of aromatic amines is 1. The average molecular weight is 173 g/mol. The largest absolute Gasteiger partial charge is 0.338 e. The molecule has 0 bridgehead atoms. The average Bonchev–Trinajstić information content (AvgIpc) is 1.97. The maximum Gasteiger partial charge on any atom is 0.338 e. The first-order valence-electron chi connectivity index (χ1n) is 2.92. The standard InChI is InChI=1S/C5H7N3O2S/c1-8-3(2-11)6-4(9)5(10)7-8/h11H,2H2,1H3,(H,7,10). The first-order valence-corrected chi connectivity index (χ1v) is 3.55. The van der Waals surface area contributed by atoms with Crippen LogP contribution in [0.1, 0.15) is 5.82 Å². The maximum absolute atomic E-state index is 10.6. The predicted octanol–water partition coefficient (Wildman–Crippen LogP) is -1.10. The maximum atomic E-state index is 10.6. The van der Waals surface area contributed by atoms with Gasteiger partial charge in [-0.25, -0.2) is 0 Å². The van der Waals surface area contributed by atoms with Crippen LogP contribution in [-0.4, -0.2) is 14.8 Å². The van der Waals surface area contributed by atoms with Gasteiger partial charge in [-0.05, 0) is 0 Å². The zero-order chi connectivity index (χ0) is 8.43. The Balaban J connectivity index is 3.44. The molecule has 0 fully saturated rings. The Morgan fingerprint density at radius 2 is 2.27 bits per heavy atom. The molecule has 60 valence electrons.